The van der Waals surface area contributed by atoms with Gasteiger partial charge in [-0.15, -0.1) is 0 Å². The van der Waals surface area contributed by atoms with Gasteiger partial charge in [-0.25, -0.2) is 0 Å². The summed E-state index contributed by atoms with van der Waals surface area (Å²) in [6.07, 6.45) is 5.43. The molecule has 3 nitrogen and oxygen atoms in total. The van der Waals surface area contributed by atoms with Crippen LogP contribution in [0.3, 0.4) is 0 Å². The molecule has 1 aliphatic carbocycles. The summed E-state index contributed by atoms with van der Waals surface area (Å²) in [6, 6.07) is 8.21. The molecule has 3 heteroatoms. The van der Waals surface area contributed by atoms with Crippen molar-refractivity contribution in [3.8, 4) is 0 Å². The Hall–Kier alpha value is -1.77. The molecule has 0 aliphatic heterocycles. The van der Waals surface area contributed by atoms with E-state index in [1.807, 2.05) is 30.5 Å². The lowest BCUT2D eigenvalue weighted by Gasteiger charge is -2.05. The molecule has 1 aliphatic rings. The molecule has 2 aromatic rings. The van der Waals surface area contributed by atoms with Crippen LogP contribution in [0.25, 0.3) is 10.9 Å². The zero-order valence-corrected chi connectivity index (χ0v) is 10.6. The molecule has 0 saturated heterocycles. The summed E-state index contributed by atoms with van der Waals surface area (Å²) < 4.78 is 0. The van der Waals surface area contributed by atoms with Crippen molar-refractivity contribution in [3.63, 3.8) is 0 Å². The van der Waals surface area contributed by atoms with Crippen molar-refractivity contribution >= 4 is 16.8 Å². The number of H-pyrrole nitrogens is 1. The molecule has 2 N–H and O–H groups in total. The van der Waals surface area contributed by atoms with Gasteiger partial charge in [0.05, 0.1) is 11.1 Å². The second-order valence-corrected chi connectivity index (χ2v) is 5.11. The number of carbonyl (C=O) groups excluding carboxylic acids is 1. The van der Waals surface area contributed by atoms with Gasteiger partial charge in [0.1, 0.15) is 0 Å². The van der Waals surface area contributed by atoms with Gasteiger partial charge in [-0.1, -0.05) is 25.5 Å². The first kappa shape index (κ1) is 11.3. The molecule has 0 spiro atoms. The van der Waals surface area contributed by atoms with Crippen LogP contribution in [0.5, 0.6) is 0 Å². The SMILES string of the molecule is CCCC1CC1NC(=O)c1cccc2cc[nH]c12. The van der Waals surface area contributed by atoms with E-state index >= 15 is 0 Å². The predicted molar refractivity (Wildman–Crippen MR) is 72.6 cm³/mol. The van der Waals surface area contributed by atoms with Crippen molar-refractivity contribution < 1.29 is 4.79 Å². The fraction of sp³-hybridized carbons (Fsp3) is 0.400. The van der Waals surface area contributed by atoms with E-state index in [1.54, 1.807) is 0 Å². The second-order valence-electron chi connectivity index (χ2n) is 5.11. The van der Waals surface area contributed by atoms with Gasteiger partial charge in [0.15, 0.2) is 0 Å². The van der Waals surface area contributed by atoms with Gasteiger partial charge in [0.25, 0.3) is 5.91 Å². The van der Waals surface area contributed by atoms with E-state index in [2.05, 4.69) is 17.2 Å². The summed E-state index contributed by atoms with van der Waals surface area (Å²) in [5, 5.41) is 4.21. The highest BCUT2D eigenvalue weighted by Crippen LogP contribution is 2.34. The Kier molecular flexibility index (Phi) is 2.82. The number of aromatic amines is 1. The van der Waals surface area contributed by atoms with Gasteiger partial charge >= 0.3 is 0 Å². The van der Waals surface area contributed by atoms with Crippen molar-refractivity contribution in [2.45, 2.75) is 32.2 Å². The highest BCUT2D eigenvalue weighted by Gasteiger charge is 2.37. The zero-order chi connectivity index (χ0) is 12.5. The maximum absolute atomic E-state index is 12.2. The Morgan fingerprint density at radius 3 is 3.17 bits per heavy atom. The molecule has 0 radical (unpaired) electrons. The van der Waals surface area contributed by atoms with E-state index < -0.39 is 0 Å². The second kappa shape index (κ2) is 4.48. The van der Waals surface area contributed by atoms with Crippen LogP contribution in [0.15, 0.2) is 30.5 Å². The molecule has 1 saturated carbocycles. The van der Waals surface area contributed by atoms with Crippen molar-refractivity contribution in [1.29, 1.82) is 0 Å². The Labute approximate surface area is 107 Å². The molecule has 0 bridgehead atoms. The van der Waals surface area contributed by atoms with Gasteiger partial charge < -0.3 is 10.3 Å². The fourth-order valence-corrected chi connectivity index (χ4v) is 2.63. The molecule has 2 atom stereocenters. The van der Waals surface area contributed by atoms with E-state index in [9.17, 15) is 4.79 Å². The van der Waals surface area contributed by atoms with E-state index in [1.165, 1.54) is 12.8 Å². The number of amides is 1. The van der Waals surface area contributed by atoms with Crippen molar-refractivity contribution in [1.82, 2.24) is 10.3 Å². The first-order valence-corrected chi connectivity index (χ1v) is 6.66. The third kappa shape index (κ3) is 2.01. The summed E-state index contributed by atoms with van der Waals surface area (Å²) in [4.78, 5) is 15.4. The number of fused-ring (bicyclic) bond motifs is 1. The van der Waals surface area contributed by atoms with Crippen LogP contribution in [-0.4, -0.2) is 16.9 Å². The number of benzene rings is 1. The van der Waals surface area contributed by atoms with E-state index in [4.69, 9.17) is 0 Å². The zero-order valence-electron chi connectivity index (χ0n) is 10.6. The predicted octanol–water partition coefficient (Wildman–Crippen LogP) is 3.09. The fourth-order valence-electron chi connectivity index (χ4n) is 2.63. The lowest BCUT2D eigenvalue weighted by Crippen LogP contribution is -2.27. The Morgan fingerprint density at radius 2 is 2.33 bits per heavy atom. The van der Waals surface area contributed by atoms with Gasteiger partial charge in [0.2, 0.25) is 0 Å². The molecule has 1 amide bonds. The van der Waals surface area contributed by atoms with Crippen LogP contribution >= 0.6 is 0 Å². The maximum atomic E-state index is 12.2. The van der Waals surface area contributed by atoms with Crippen LogP contribution in [0.4, 0.5) is 0 Å². The average Bonchev–Trinajstić information content (AvgIpc) is 2.92. The summed E-state index contributed by atoms with van der Waals surface area (Å²) in [6.45, 7) is 2.19. The number of carbonyl (C=O) groups is 1. The molecule has 1 heterocycles. The molecule has 3 rings (SSSR count). The molecular weight excluding hydrogens is 224 g/mol. The Morgan fingerprint density at radius 1 is 1.44 bits per heavy atom. The minimum Gasteiger partial charge on any atom is -0.361 e. The van der Waals surface area contributed by atoms with Crippen molar-refractivity contribution in [2.24, 2.45) is 5.92 Å². The van der Waals surface area contributed by atoms with Gasteiger partial charge in [-0.3, -0.25) is 4.79 Å². The van der Waals surface area contributed by atoms with Crippen LogP contribution in [0, 0.1) is 5.92 Å². The third-order valence-electron chi connectivity index (χ3n) is 3.73. The number of aromatic nitrogens is 1. The van der Waals surface area contributed by atoms with Crippen LogP contribution in [0.2, 0.25) is 0 Å². The smallest absolute Gasteiger partial charge is 0.253 e. The van der Waals surface area contributed by atoms with Crippen LogP contribution < -0.4 is 5.32 Å². The Bertz CT molecular complexity index is 573. The number of nitrogens with one attached hydrogen (secondary N) is 2. The third-order valence-corrected chi connectivity index (χ3v) is 3.73. The minimum atomic E-state index is 0.0478. The highest BCUT2D eigenvalue weighted by molar-refractivity contribution is 6.05. The largest absolute Gasteiger partial charge is 0.361 e. The molecule has 18 heavy (non-hydrogen) atoms. The van der Waals surface area contributed by atoms with Gasteiger partial charge in [-0.05, 0) is 30.9 Å². The highest BCUT2D eigenvalue weighted by atomic mass is 16.1. The summed E-state index contributed by atoms with van der Waals surface area (Å²) in [5.74, 6) is 0.744. The first-order chi connectivity index (χ1) is 8.79. The normalized spacial score (nSPS) is 22.1. The number of rotatable bonds is 4. The number of hydrogen-bond donors (Lipinski definition) is 2. The summed E-state index contributed by atoms with van der Waals surface area (Å²) in [7, 11) is 0. The molecular formula is C15H18N2O. The molecule has 1 aromatic heterocycles. The monoisotopic (exact) mass is 242 g/mol. The number of hydrogen-bond acceptors (Lipinski definition) is 1. The molecule has 1 aromatic carbocycles. The first-order valence-electron chi connectivity index (χ1n) is 6.66. The maximum Gasteiger partial charge on any atom is 0.253 e. The van der Waals surface area contributed by atoms with E-state index in [0.29, 0.717) is 12.0 Å². The van der Waals surface area contributed by atoms with E-state index in [-0.39, 0.29) is 5.91 Å². The molecule has 2 unspecified atom stereocenters. The van der Waals surface area contributed by atoms with Crippen LogP contribution in [-0.2, 0) is 0 Å². The Balaban J connectivity index is 1.75. The number of para-hydroxylation sites is 1. The van der Waals surface area contributed by atoms with Crippen LogP contribution in [0.1, 0.15) is 36.5 Å². The van der Waals surface area contributed by atoms with Crippen molar-refractivity contribution in [3.05, 3.63) is 36.0 Å². The average molecular weight is 242 g/mol. The van der Waals surface area contributed by atoms with Crippen molar-refractivity contribution in [2.75, 3.05) is 0 Å². The van der Waals surface area contributed by atoms with Gasteiger partial charge in [-0.2, -0.15) is 0 Å². The standard InChI is InChI=1S/C15H18N2O/c1-2-4-11-9-13(11)17-15(18)12-6-3-5-10-7-8-16-14(10)12/h3,5-8,11,13,16H,2,4,9H2,1H3,(H,17,18). The molecule has 94 valence electrons. The topological polar surface area (TPSA) is 44.9 Å². The quantitative estimate of drug-likeness (QED) is 0.850. The molecule has 1 fully saturated rings. The lowest BCUT2D eigenvalue weighted by atomic mass is 10.1. The lowest BCUT2D eigenvalue weighted by molar-refractivity contribution is 0.0950. The minimum absolute atomic E-state index is 0.0478. The van der Waals surface area contributed by atoms with Gasteiger partial charge in [0, 0.05) is 17.6 Å². The van der Waals surface area contributed by atoms with E-state index in [0.717, 1.165) is 22.9 Å². The summed E-state index contributed by atoms with van der Waals surface area (Å²) >= 11 is 0. The summed E-state index contributed by atoms with van der Waals surface area (Å²) in [5.41, 5.74) is 1.68.